The number of hydrogen-bond acceptors (Lipinski definition) is 8. The molecule has 3 heterocycles. The molecular formula is C28H28F2N4O6. The lowest BCUT2D eigenvalue weighted by atomic mass is 10.1. The minimum Gasteiger partial charge on any atom is -0.395 e. The summed E-state index contributed by atoms with van der Waals surface area (Å²) in [5.41, 5.74) is 2.64. The minimum absolute atomic E-state index is 0.102. The number of hydrogen-bond donors (Lipinski definition) is 3. The van der Waals surface area contributed by atoms with E-state index in [1.165, 1.54) is 18.2 Å². The minimum atomic E-state index is -3.74. The molecule has 210 valence electrons. The van der Waals surface area contributed by atoms with E-state index in [-0.39, 0.29) is 35.6 Å². The van der Waals surface area contributed by atoms with E-state index in [1.807, 2.05) is 26.0 Å². The first kappa shape index (κ1) is 27.3. The highest BCUT2D eigenvalue weighted by Crippen LogP contribution is 2.42. The molecule has 1 saturated heterocycles. The Balaban J connectivity index is 1.16. The maximum atomic E-state index is 13.3. The maximum absolute atomic E-state index is 13.3. The molecule has 3 N–H and O–H groups in total. The molecule has 2 aromatic carbocycles. The second-order valence-electron chi connectivity index (χ2n) is 9.77. The third-order valence-corrected chi connectivity index (χ3v) is 6.13. The molecule has 1 atom stereocenters. The second-order valence-corrected chi connectivity index (χ2v) is 9.77. The Hall–Kier alpha value is -4.29. The summed E-state index contributed by atoms with van der Waals surface area (Å²) >= 11 is 0. The van der Waals surface area contributed by atoms with Crippen LogP contribution in [0.5, 0.6) is 11.5 Å². The number of alkyl halides is 2. The van der Waals surface area contributed by atoms with Gasteiger partial charge in [-0.3, -0.25) is 14.6 Å². The van der Waals surface area contributed by atoms with Crippen molar-refractivity contribution in [1.82, 2.24) is 10.3 Å². The Kier molecular flexibility index (Phi) is 7.55. The van der Waals surface area contributed by atoms with Gasteiger partial charge in [-0.25, -0.2) is 0 Å². The van der Waals surface area contributed by atoms with Crippen LogP contribution >= 0.6 is 0 Å². The van der Waals surface area contributed by atoms with E-state index < -0.39 is 18.0 Å². The zero-order valence-corrected chi connectivity index (χ0v) is 21.8. The molecule has 1 unspecified atom stereocenters. The number of nitrogens with zero attached hydrogens (tertiary/aromatic N) is 1. The van der Waals surface area contributed by atoms with Gasteiger partial charge in [0.25, 0.3) is 5.91 Å². The van der Waals surface area contributed by atoms with Gasteiger partial charge < -0.3 is 34.9 Å². The van der Waals surface area contributed by atoms with E-state index >= 15 is 0 Å². The summed E-state index contributed by atoms with van der Waals surface area (Å²) in [6.07, 6.45) is -2.21. The van der Waals surface area contributed by atoms with E-state index in [9.17, 15) is 18.4 Å². The average molecular weight is 555 g/mol. The lowest BCUT2D eigenvalue weighted by Crippen LogP contribution is -2.35. The Morgan fingerprint density at radius 3 is 2.65 bits per heavy atom. The molecule has 0 bridgehead atoms. The zero-order valence-electron chi connectivity index (χ0n) is 21.8. The van der Waals surface area contributed by atoms with E-state index in [4.69, 9.17) is 9.47 Å². The number of rotatable bonds is 9. The molecule has 5 rings (SSSR count). The van der Waals surface area contributed by atoms with Gasteiger partial charge in [-0.1, -0.05) is 12.1 Å². The zero-order chi connectivity index (χ0) is 28.3. The lowest BCUT2D eigenvalue weighted by Gasteiger charge is -2.17. The van der Waals surface area contributed by atoms with Gasteiger partial charge in [-0.2, -0.15) is 0 Å². The van der Waals surface area contributed by atoms with E-state index in [0.717, 1.165) is 5.56 Å². The Labute approximate surface area is 229 Å². The Morgan fingerprint density at radius 2 is 1.85 bits per heavy atom. The number of carbonyl (C=O) groups is 2. The van der Waals surface area contributed by atoms with Crippen LogP contribution in [0.25, 0.3) is 0 Å². The smallest absolute Gasteiger partial charge is 0.395 e. The lowest BCUT2D eigenvalue weighted by molar-refractivity contribution is -0.286. The van der Waals surface area contributed by atoms with Crippen molar-refractivity contribution in [2.45, 2.75) is 45.0 Å². The van der Waals surface area contributed by atoms with Gasteiger partial charge in [0.2, 0.25) is 5.91 Å². The summed E-state index contributed by atoms with van der Waals surface area (Å²) in [5.74, 6) is -1.55. The summed E-state index contributed by atoms with van der Waals surface area (Å²) in [4.78, 5) is 29.7. The van der Waals surface area contributed by atoms with Crippen LogP contribution in [0.3, 0.4) is 0 Å². The highest BCUT2D eigenvalue weighted by molar-refractivity contribution is 6.08. The molecule has 40 heavy (non-hydrogen) atoms. The monoisotopic (exact) mass is 554 g/mol. The molecule has 0 saturated carbocycles. The molecule has 12 heteroatoms. The molecule has 2 aliphatic heterocycles. The van der Waals surface area contributed by atoms with Gasteiger partial charge in [0.05, 0.1) is 18.6 Å². The maximum Gasteiger partial charge on any atom is 0.586 e. The van der Waals surface area contributed by atoms with Crippen molar-refractivity contribution in [3.8, 4) is 11.5 Å². The molecule has 0 spiro atoms. The van der Waals surface area contributed by atoms with Gasteiger partial charge in [-0.05, 0) is 55.8 Å². The fourth-order valence-electron chi connectivity index (χ4n) is 4.31. The van der Waals surface area contributed by atoms with Crippen LogP contribution in [-0.2, 0) is 27.2 Å². The third-order valence-electron chi connectivity index (χ3n) is 6.13. The molecule has 3 aromatic rings. The topological polar surface area (TPSA) is 120 Å². The second kappa shape index (κ2) is 11.1. The molecule has 2 aliphatic rings. The summed E-state index contributed by atoms with van der Waals surface area (Å²) in [6, 6.07) is 14.5. The van der Waals surface area contributed by atoms with Gasteiger partial charge in [0, 0.05) is 42.4 Å². The number of benzene rings is 2. The number of anilines is 2. The fraction of sp³-hybridized carbons (Fsp3) is 0.321. The van der Waals surface area contributed by atoms with E-state index in [2.05, 4.69) is 30.4 Å². The fourth-order valence-corrected chi connectivity index (χ4v) is 4.31. The summed E-state index contributed by atoms with van der Waals surface area (Å²) in [5, 5.41) is 8.78. The van der Waals surface area contributed by atoms with Crippen LogP contribution in [-0.4, -0.2) is 48.1 Å². The first-order valence-corrected chi connectivity index (χ1v) is 12.6. The van der Waals surface area contributed by atoms with E-state index in [0.29, 0.717) is 36.6 Å². The van der Waals surface area contributed by atoms with Crippen molar-refractivity contribution >= 4 is 23.2 Å². The van der Waals surface area contributed by atoms with Crippen molar-refractivity contribution in [2.24, 2.45) is 0 Å². The van der Waals surface area contributed by atoms with Gasteiger partial charge in [-0.15, -0.1) is 8.78 Å². The van der Waals surface area contributed by atoms with Gasteiger partial charge >= 0.3 is 6.29 Å². The predicted octanol–water partition coefficient (Wildman–Crippen LogP) is 4.08. The number of pyridine rings is 1. The number of para-hydroxylation sites is 1. The van der Waals surface area contributed by atoms with Crippen molar-refractivity contribution in [3.05, 3.63) is 77.6 Å². The van der Waals surface area contributed by atoms with Crippen molar-refractivity contribution in [3.63, 3.8) is 0 Å². The molecule has 10 nitrogen and oxygen atoms in total. The third kappa shape index (κ3) is 6.82. The number of fused-ring (bicyclic) bond motifs is 1. The number of carbonyl (C=O) groups excluding carboxylic acids is 2. The summed E-state index contributed by atoms with van der Waals surface area (Å²) in [6.45, 7) is 4.79. The molecule has 0 aliphatic carbocycles. The number of halogens is 2. The highest BCUT2D eigenvalue weighted by Gasteiger charge is 2.43. The van der Waals surface area contributed by atoms with Crippen LogP contribution < -0.4 is 25.4 Å². The van der Waals surface area contributed by atoms with Crippen molar-refractivity contribution < 1.29 is 37.3 Å². The standard InChI is InChI=1S/C28H28F2N4O6/c1-27(2)37-16-20(38-27)15-33-25(35)13-19-11-17(9-10-31-19)14-32-22-6-4-3-5-21(22)26(36)34-18-7-8-23-24(12-18)40-28(29,30)39-23/h3-12,20,32H,13-16H2,1-2H3,(H,33,35)(H,34,36). The Bertz CT molecular complexity index is 1420. The first-order chi connectivity index (χ1) is 19.1. The molecular weight excluding hydrogens is 526 g/mol. The van der Waals surface area contributed by atoms with Crippen LogP contribution in [0, 0.1) is 0 Å². The number of aromatic nitrogens is 1. The van der Waals surface area contributed by atoms with Gasteiger partial charge in [0.1, 0.15) is 6.10 Å². The van der Waals surface area contributed by atoms with Crippen LogP contribution in [0.2, 0.25) is 0 Å². The highest BCUT2D eigenvalue weighted by atomic mass is 19.3. The average Bonchev–Trinajstić information content (AvgIpc) is 3.42. The molecule has 1 aromatic heterocycles. The van der Waals surface area contributed by atoms with Crippen molar-refractivity contribution in [1.29, 1.82) is 0 Å². The predicted molar refractivity (Wildman–Crippen MR) is 140 cm³/mol. The van der Waals surface area contributed by atoms with E-state index in [1.54, 1.807) is 30.5 Å². The van der Waals surface area contributed by atoms with Gasteiger partial charge in [0.15, 0.2) is 17.3 Å². The SMILES string of the molecule is CC1(C)OCC(CNC(=O)Cc2cc(CNc3ccccc3C(=O)Nc3ccc4c(c3)OC(F)(F)O4)ccn2)O1. The summed E-state index contributed by atoms with van der Waals surface area (Å²) < 4.78 is 46.7. The van der Waals surface area contributed by atoms with Crippen LogP contribution in [0.1, 0.15) is 35.5 Å². The van der Waals surface area contributed by atoms with Crippen LogP contribution in [0.4, 0.5) is 20.2 Å². The Morgan fingerprint density at radius 1 is 1.05 bits per heavy atom. The molecule has 1 fully saturated rings. The number of nitrogens with one attached hydrogen (secondary N) is 3. The van der Waals surface area contributed by atoms with Crippen molar-refractivity contribution in [2.75, 3.05) is 23.8 Å². The quantitative estimate of drug-likeness (QED) is 0.362. The number of amides is 2. The largest absolute Gasteiger partial charge is 0.586 e. The molecule has 2 amide bonds. The van der Waals surface area contributed by atoms with Crippen LogP contribution in [0.15, 0.2) is 60.8 Å². The number of ether oxygens (including phenoxy) is 4. The first-order valence-electron chi connectivity index (χ1n) is 12.6. The normalized spacial score (nSPS) is 18.2. The molecule has 0 radical (unpaired) electrons. The summed E-state index contributed by atoms with van der Waals surface area (Å²) in [7, 11) is 0.